The summed E-state index contributed by atoms with van der Waals surface area (Å²) in [5.74, 6) is 0.174. The Hall–Kier alpha value is -1.27. The van der Waals surface area contributed by atoms with Crippen molar-refractivity contribution in [1.29, 1.82) is 0 Å². The molecule has 0 aromatic heterocycles. The number of hydrogen-bond acceptors (Lipinski definition) is 5. The number of rotatable bonds is 2. The highest BCUT2D eigenvalue weighted by molar-refractivity contribution is 5.91. The molecule has 0 saturated carbocycles. The van der Waals surface area contributed by atoms with E-state index in [0.29, 0.717) is 32.1 Å². The van der Waals surface area contributed by atoms with Crippen molar-refractivity contribution >= 4 is 5.91 Å². The molecule has 1 atom stereocenters. The van der Waals surface area contributed by atoms with E-state index in [4.69, 9.17) is 15.2 Å². The van der Waals surface area contributed by atoms with Gasteiger partial charge in [0.15, 0.2) is 0 Å². The maximum Gasteiger partial charge on any atom is 0.292 e. The average Bonchev–Trinajstić information content (AvgIpc) is 2.39. The lowest BCUT2D eigenvalue weighted by atomic mass is 10.1. The van der Waals surface area contributed by atoms with Crippen LogP contribution in [0, 0.1) is 0 Å². The van der Waals surface area contributed by atoms with Gasteiger partial charge in [0, 0.05) is 26.2 Å². The van der Waals surface area contributed by atoms with Crippen LogP contribution >= 0.6 is 0 Å². The van der Waals surface area contributed by atoms with Gasteiger partial charge in [-0.15, -0.1) is 0 Å². The van der Waals surface area contributed by atoms with Gasteiger partial charge in [-0.2, -0.15) is 0 Å². The number of carbonyl (C=O) groups excluding carboxylic acids is 1. The molecule has 0 aliphatic carbocycles. The molecule has 6 nitrogen and oxygen atoms in total. The third-order valence-corrected chi connectivity index (χ3v) is 3.08. The third kappa shape index (κ3) is 2.70. The molecule has 1 saturated heterocycles. The first-order valence-corrected chi connectivity index (χ1v) is 5.86. The van der Waals surface area contributed by atoms with E-state index in [-0.39, 0.29) is 11.9 Å². The molecule has 2 aliphatic heterocycles. The van der Waals surface area contributed by atoms with Crippen molar-refractivity contribution in [2.75, 3.05) is 46.4 Å². The first kappa shape index (κ1) is 12.2. The smallest absolute Gasteiger partial charge is 0.292 e. The van der Waals surface area contributed by atoms with Gasteiger partial charge < -0.3 is 25.0 Å². The van der Waals surface area contributed by atoms with Crippen LogP contribution in [0.15, 0.2) is 12.0 Å². The van der Waals surface area contributed by atoms with Gasteiger partial charge in [-0.05, 0) is 7.05 Å². The van der Waals surface area contributed by atoms with E-state index in [1.54, 1.807) is 4.90 Å². The van der Waals surface area contributed by atoms with Crippen LogP contribution in [-0.2, 0) is 14.3 Å². The monoisotopic (exact) mass is 241 g/mol. The number of ether oxygens (including phenoxy) is 2. The zero-order valence-corrected chi connectivity index (χ0v) is 10.1. The Morgan fingerprint density at radius 3 is 3.00 bits per heavy atom. The Morgan fingerprint density at radius 2 is 2.35 bits per heavy atom. The Balaban J connectivity index is 2.04. The first-order valence-electron chi connectivity index (χ1n) is 5.86. The average molecular weight is 241 g/mol. The van der Waals surface area contributed by atoms with Crippen LogP contribution in [0.2, 0.25) is 0 Å². The van der Waals surface area contributed by atoms with Gasteiger partial charge in [0.05, 0.1) is 6.04 Å². The normalized spacial score (nSPS) is 25.9. The summed E-state index contributed by atoms with van der Waals surface area (Å²) in [6, 6.07) is 0.0488. The van der Waals surface area contributed by atoms with Gasteiger partial charge in [0.1, 0.15) is 19.5 Å². The summed E-state index contributed by atoms with van der Waals surface area (Å²) in [5.41, 5.74) is 5.71. The second-order valence-corrected chi connectivity index (χ2v) is 4.35. The minimum atomic E-state index is -0.117. The second kappa shape index (κ2) is 5.37. The van der Waals surface area contributed by atoms with Crippen molar-refractivity contribution in [2.45, 2.75) is 6.04 Å². The van der Waals surface area contributed by atoms with Crippen molar-refractivity contribution in [1.82, 2.24) is 9.80 Å². The Morgan fingerprint density at radius 1 is 1.53 bits per heavy atom. The summed E-state index contributed by atoms with van der Waals surface area (Å²) in [4.78, 5) is 16.2. The maximum absolute atomic E-state index is 12.2. The maximum atomic E-state index is 12.2. The fourth-order valence-corrected chi connectivity index (χ4v) is 2.10. The quantitative estimate of drug-likeness (QED) is 0.670. The molecular formula is C11H19N3O3. The van der Waals surface area contributed by atoms with Crippen LogP contribution in [0.25, 0.3) is 0 Å². The summed E-state index contributed by atoms with van der Waals surface area (Å²) < 4.78 is 10.4. The van der Waals surface area contributed by atoms with Crippen molar-refractivity contribution in [3.05, 3.63) is 12.0 Å². The Kier molecular flexibility index (Phi) is 3.86. The lowest BCUT2D eigenvalue weighted by molar-refractivity contribution is -0.136. The summed E-state index contributed by atoms with van der Waals surface area (Å²) in [7, 11) is 2.03. The van der Waals surface area contributed by atoms with Gasteiger partial charge in [0.2, 0.25) is 5.76 Å². The van der Waals surface area contributed by atoms with E-state index in [1.165, 1.54) is 6.26 Å². The molecule has 2 heterocycles. The minimum absolute atomic E-state index is 0.0488. The Bertz CT molecular complexity index is 319. The van der Waals surface area contributed by atoms with Crippen molar-refractivity contribution in [2.24, 2.45) is 5.73 Å². The molecule has 2 rings (SSSR count). The van der Waals surface area contributed by atoms with Gasteiger partial charge in [-0.3, -0.25) is 4.79 Å². The van der Waals surface area contributed by atoms with Crippen molar-refractivity contribution in [3.63, 3.8) is 0 Å². The fourth-order valence-electron chi connectivity index (χ4n) is 2.10. The number of nitrogens with two attached hydrogens (primary N) is 1. The molecule has 1 unspecified atom stereocenters. The van der Waals surface area contributed by atoms with Crippen molar-refractivity contribution in [3.8, 4) is 0 Å². The van der Waals surface area contributed by atoms with Crippen molar-refractivity contribution < 1.29 is 14.3 Å². The molecule has 0 bridgehead atoms. The lowest BCUT2D eigenvalue weighted by Gasteiger charge is -2.39. The van der Waals surface area contributed by atoms with Gasteiger partial charge in [-0.25, -0.2) is 0 Å². The number of hydrogen-bond donors (Lipinski definition) is 1. The molecule has 2 aliphatic rings. The van der Waals surface area contributed by atoms with E-state index in [1.807, 2.05) is 7.05 Å². The van der Waals surface area contributed by atoms with E-state index in [9.17, 15) is 4.79 Å². The van der Waals surface area contributed by atoms with Crippen LogP contribution in [-0.4, -0.2) is 68.2 Å². The molecule has 2 N–H and O–H groups in total. The number of carbonyl (C=O) groups is 1. The Labute approximate surface area is 101 Å². The lowest BCUT2D eigenvalue weighted by Crippen LogP contribution is -2.57. The van der Waals surface area contributed by atoms with Crippen LogP contribution in [0.1, 0.15) is 0 Å². The standard InChI is InChI=1S/C11H19N3O3/c1-13-2-3-14(9(6-12)7-13)11(15)10-8-16-4-5-17-10/h8-9H,2-7,12H2,1H3. The number of likely N-dealkylation sites (N-methyl/N-ethyl adjacent to an activating group) is 1. The minimum Gasteiger partial charge on any atom is -0.494 e. The van der Waals surface area contributed by atoms with E-state index in [2.05, 4.69) is 4.90 Å². The molecule has 0 radical (unpaired) electrons. The molecule has 1 fully saturated rings. The number of piperazine rings is 1. The largest absolute Gasteiger partial charge is 0.494 e. The second-order valence-electron chi connectivity index (χ2n) is 4.35. The first-order chi connectivity index (χ1) is 8.22. The number of nitrogens with zero attached hydrogens (tertiary/aromatic N) is 2. The van der Waals surface area contributed by atoms with Gasteiger partial charge in [0.25, 0.3) is 5.91 Å². The van der Waals surface area contributed by atoms with Crippen LogP contribution in [0.3, 0.4) is 0 Å². The van der Waals surface area contributed by atoms with Crippen LogP contribution < -0.4 is 5.73 Å². The predicted molar refractivity (Wildman–Crippen MR) is 62.0 cm³/mol. The highest BCUT2D eigenvalue weighted by Gasteiger charge is 2.31. The molecule has 6 heteroatoms. The highest BCUT2D eigenvalue weighted by Crippen LogP contribution is 2.14. The highest BCUT2D eigenvalue weighted by atomic mass is 16.6. The molecule has 96 valence electrons. The molecule has 1 amide bonds. The molecular weight excluding hydrogens is 222 g/mol. The zero-order chi connectivity index (χ0) is 12.3. The summed E-state index contributed by atoms with van der Waals surface area (Å²) in [6.07, 6.45) is 1.40. The summed E-state index contributed by atoms with van der Waals surface area (Å²) in [5, 5.41) is 0. The zero-order valence-electron chi connectivity index (χ0n) is 10.1. The predicted octanol–water partition coefficient (Wildman–Crippen LogP) is -1.02. The molecule has 0 aromatic rings. The fraction of sp³-hybridized carbons (Fsp3) is 0.727. The molecule has 0 spiro atoms. The third-order valence-electron chi connectivity index (χ3n) is 3.08. The van der Waals surface area contributed by atoms with E-state index in [0.717, 1.165) is 13.1 Å². The topological polar surface area (TPSA) is 68.0 Å². The van der Waals surface area contributed by atoms with Gasteiger partial charge >= 0.3 is 0 Å². The summed E-state index contributed by atoms with van der Waals surface area (Å²) in [6.45, 7) is 3.73. The summed E-state index contributed by atoms with van der Waals surface area (Å²) >= 11 is 0. The van der Waals surface area contributed by atoms with Crippen LogP contribution in [0.5, 0.6) is 0 Å². The van der Waals surface area contributed by atoms with Gasteiger partial charge in [-0.1, -0.05) is 0 Å². The number of amides is 1. The van der Waals surface area contributed by atoms with E-state index < -0.39 is 0 Å². The van der Waals surface area contributed by atoms with E-state index >= 15 is 0 Å². The molecule has 0 aromatic carbocycles. The van der Waals surface area contributed by atoms with Crippen LogP contribution in [0.4, 0.5) is 0 Å². The SMILES string of the molecule is CN1CCN(C(=O)C2=COCCO2)C(CN)C1. The molecule has 17 heavy (non-hydrogen) atoms.